The normalized spacial score (nSPS) is 20.1. The number of ether oxygens (including phenoxy) is 4. The van der Waals surface area contributed by atoms with Crippen molar-refractivity contribution in [3.8, 4) is 5.75 Å². The van der Waals surface area contributed by atoms with Crippen molar-refractivity contribution in [1.82, 2.24) is 0 Å². The van der Waals surface area contributed by atoms with Gasteiger partial charge in [-0.25, -0.2) is 14.4 Å². The third-order valence-electron chi connectivity index (χ3n) is 6.58. The second-order valence-corrected chi connectivity index (χ2v) is 8.87. The highest BCUT2D eigenvalue weighted by Crippen LogP contribution is 2.49. The lowest BCUT2D eigenvalue weighted by atomic mass is 9.65. The van der Waals surface area contributed by atoms with Crippen molar-refractivity contribution in [3.05, 3.63) is 35.4 Å². The fourth-order valence-corrected chi connectivity index (χ4v) is 5.12. The molecule has 1 saturated carbocycles. The molecule has 2 aromatic rings. The number of anilines is 1. The summed E-state index contributed by atoms with van der Waals surface area (Å²) in [5.41, 5.74) is -1.17. The Hall–Kier alpha value is -4.32. The van der Waals surface area contributed by atoms with Gasteiger partial charge >= 0.3 is 18.3 Å². The fourth-order valence-electron chi connectivity index (χ4n) is 5.12. The largest absolute Gasteiger partial charge is 0.513 e. The Morgan fingerprint density at radius 2 is 1.44 bits per heavy atom. The van der Waals surface area contributed by atoms with Crippen LogP contribution >= 0.6 is 0 Å². The molecule has 4 rings (SSSR count). The van der Waals surface area contributed by atoms with Crippen LogP contribution in [-0.2, 0) is 19.0 Å². The molecular formula is C27H27NO11. The number of rotatable bonds is 5. The molecule has 1 N–H and O–H groups in total. The van der Waals surface area contributed by atoms with Crippen LogP contribution in [0.25, 0.3) is 10.8 Å². The Bertz CT molecular complexity index is 1360. The molecule has 1 fully saturated rings. The molecule has 206 valence electrons. The number of benzene rings is 2. The third-order valence-corrected chi connectivity index (χ3v) is 6.58. The number of hydrogen-bond donors (Lipinski definition) is 1. The highest BCUT2D eigenvalue weighted by molar-refractivity contribution is 6.29. The average Bonchev–Trinajstić information content (AvgIpc) is 2.88. The van der Waals surface area contributed by atoms with Crippen LogP contribution < -0.4 is 9.64 Å². The molecule has 0 heterocycles. The van der Waals surface area contributed by atoms with E-state index in [9.17, 15) is 33.9 Å². The highest BCUT2D eigenvalue weighted by Gasteiger charge is 2.52. The number of amides is 2. The minimum atomic E-state index is -1.48. The molecule has 0 unspecified atom stereocenters. The van der Waals surface area contributed by atoms with E-state index in [0.29, 0.717) is 4.90 Å². The number of carbonyl (C=O) groups is 6. The summed E-state index contributed by atoms with van der Waals surface area (Å²) in [6, 6.07) is 6.03. The number of ketones is 3. The number of hydrogen-bond acceptors (Lipinski definition) is 11. The Morgan fingerprint density at radius 1 is 0.846 bits per heavy atom. The van der Waals surface area contributed by atoms with Gasteiger partial charge in [0.05, 0.1) is 48.7 Å². The maximum absolute atomic E-state index is 14.1. The first-order valence-electron chi connectivity index (χ1n) is 12.5. The quantitative estimate of drug-likeness (QED) is 0.332. The number of nitrogens with zero attached hydrogens (tertiary/aromatic N) is 1. The van der Waals surface area contributed by atoms with E-state index in [1.807, 2.05) is 0 Å². The molecule has 0 aromatic heterocycles. The van der Waals surface area contributed by atoms with Crippen molar-refractivity contribution < 1.29 is 52.8 Å². The van der Waals surface area contributed by atoms with Gasteiger partial charge in [-0.15, -0.1) is 0 Å². The fraction of sp³-hybridized carbons (Fsp3) is 0.407. The van der Waals surface area contributed by atoms with Crippen LogP contribution in [0, 0.1) is 11.8 Å². The van der Waals surface area contributed by atoms with Gasteiger partial charge in [0, 0.05) is 29.5 Å². The first-order valence-corrected chi connectivity index (χ1v) is 12.5. The van der Waals surface area contributed by atoms with Crippen LogP contribution in [0.15, 0.2) is 24.3 Å². The minimum absolute atomic E-state index is 0.0468. The minimum Gasteiger partial charge on any atom is -0.449 e. The number of Topliss-reactive ketones (excluding diaryl/α,β-unsaturated/α-hetero) is 3. The maximum atomic E-state index is 14.1. The molecule has 2 aliphatic rings. The zero-order valence-electron chi connectivity index (χ0n) is 21.6. The van der Waals surface area contributed by atoms with E-state index in [1.54, 1.807) is 19.1 Å². The van der Waals surface area contributed by atoms with Gasteiger partial charge in [-0.2, -0.15) is 4.90 Å². The molecule has 0 saturated heterocycles. The van der Waals surface area contributed by atoms with Gasteiger partial charge in [-0.3, -0.25) is 14.4 Å². The number of aliphatic hydroxyl groups excluding tert-OH is 1. The van der Waals surface area contributed by atoms with E-state index in [-0.39, 0.29) is 54.9 Å². The summed E-state index contributed by atoms with van der Waals surface area (Å²) < 4.78 is 20.5. The van der Waals surface area contributed by atoms with Gasteiger partial charge < -0.3 is 24.1 Å². The molecule has 0 spiro atoms. The molecule has 39 heavy (non-hydrogen) atoms. The monoisotopic (exact) mass is 541 g/mol. The van der Waals surface area contributed by atoms with Gasteiger partial charge in [-0.1, -0.05) is 24.3 Å². The van der Waals surface area contributed by atoms with Gasteiger partial charge in [0.15, 0.2) is 17.3 Å². The Morgan fingerprint density at radius 3 is 2.03 bits per heavy atom. The van der Waals surface area contributed by atoms with Gasteiger partial charge in [-0.05, 0) is 20.8 Å². The van der Waals surface area contributed by atoms with Crippen molar-refractivity contribution in [3.63, 3.8) is 0 Å². The van der Waals surface area contributed by atoms with Gasteiger partial charge in [0.1, 0.15) is 5.78 Å². The predicted octanol–water partition coefficient (Wildman–Crippen LogP) is 3.83. The number of aliphatic hydroxyl groups is 1. The van der Waals surface area contributed by atoms with E-state index < -0.39 is 64.8 Å². The Kier molecular flexibility index (Phi) is 7.95. The van der Waals surface area contributed by atoms with E-state index in [2.05, 4.69) is 0 Å². The lowest BCUT2D eigenvalue weighted by Crippen LogP contribution is -2.49. The lowest BCUT2D eigenvalue weighted by Gasteiger charge is -2.38. The standard InChI is InChI=1S/C27H27NO11/c1-4-36-25(33)28(26(34)37-5-2)21-14-9-7-8-10-15(14)24(39-27(35)38-6-3)20-19(21)23(32)18-16(22(20)31)11-13(29)12-17(18)30/h7-10,16-18,30H,4-6,11-12H2,1-3H3/t16-,17+,18-/m1/s1. The summed E-state index contributed by atoms with van der Waals surface area (Å²) in [6.45, 7) is 4.27. The first-order chi connectivity index (χ1) is 18.7. The van der Waals surface area contributed by atoms with E-state index in [4.69, 9.17) is 18.9 Å². The molecule has 2 aromatic carbocycles. The van der Waals surface area contributed by atoms with Crippen molar-refractivity contribution in [2.24, 2.45) is 11.8 Å². The summed E-state index contributed by atoms with van der Waals surface area (Å²) in [5, 5.41) is 10.9. The topological polar surface area (TPSA) is 163 Å². The molecule has 0 bridgehead atoms. The molecule has 0 radical (unpaired) electrons. The molecule has 2 aliphatic carbocycles. The Labute approximate surface area is 222 Å². The maximum Gasteiger partial charge on any atom is 0.513 e. The summed E-state index contributed by atoms with van der Waals surface area (Å²) in [5.74, 6) is -4.88. The molecule has 3 atom stereocenters. The van der Waals surface area contributed by atoms with E-state index >= 15 is 0 Å². The zero-order chi connectivity index (χ0) is 28.4. The van der Waals surface area contributed by atoms with Gasteiger partial charge in [0.25, 0.3) is 0 Å². The van der Waals surface area contributed by atoms with E-state index in [1.165, 1.54) is 26.0 Å². The molecule has 2 amide bonds. The highest BCUT2D eigenvalue weighted by atomic mass is 16.7. The molecule has 12 nitrogen and oxygen atoms in total. The second-order valence-electron chi connectivity index (χ2n) is 8.87. The summed E-state index contributed by atoms with van der Waals surface area (Å²) in [4.78, 5) is 79.5. The van der Waals surface area contributed by atoms with Crippen LogP contribution in [0.2, 0.25) is 0 Å². The van der Waals surface area contributed by atoms with Crippen LogP contribution in [0.1, 0.15) is 54.3 Å². The van der Waals surface area contributed by atoms with Crippen LogP contribution in [0.5, 0.6) is 5.75 Å². The second kappa shape index (κ2) is 11.2. The molecule has 12 heteroatoms. The third kappa shape index (κ3) is 4.83. The van der Waals surface area contributed by atoms with Crippen molar-refractivity contribution in [2.75, 3.05) is 24.7 Å². The molecular weight excluding hydrogens is 514 g/mol. The SMILES string of the molecule is CCOC(=O)Oc1c2c(c(N(C(=O)OCC)C(=O)OCC)c3ccccc13)C(=O)[C@H]1[C@@H](O)CC(=O)C[C@H]1C2=O. The van der Waals surface area contributed by atoms with Crippen LogP contribution in [0.3, 0.4) is 0 Å². The summed E-state index contributed by atoms with van der Waals surface area (Å²) in [7, 11) is 0. The molecule has 0 aliphatic heterocycles. The lowest BCUT2D eigenvalue weighted by molar-refractivity contribution is -0.125. The van der Waals surface area contributed by atoms with E-state index in [0.717, 1.165) is 0 Å². The first kappa shape index (κ1) is 27.7. The number of fused-ring (bicyclic) bond motifs is 3. The summed E-state index contributed by atoms with van der Waals surface area (Å²) in [6.07, 6.45) is -5.65. The van der Waals surface area contributed by atoms with Crippen LogP contribution in [-0.4, -0.2) is 66.7 Å². The van der Waals surface area contributed by atoms with Gasteiger partial charge in [0.2, 0.25) is 0 Å². The smallest absolute Gasteiger partial charge is 0.449 e. The Balaban J connectivity index is 2.13. The van der Waals surface area contributed by atoms with Crippen LogP contribution in [0.4, 0.5) is 20.1 Å². The zero-order valence-corrected chi connectivity index (χ0v) is 21.6. The number of carbonyl (C=O) groups excluding carboxylic acids is 6. The average molecular weight is 542 g/mol. The van der Waals surface area contributed by atoms with Crippen molar-refractivity contribution >= 4 is 52.2 Å². The van der Waals surface area contributed by atoms with Crippen molar-refractivity contribution in [1.29, 1.82) is 0 Å². The number of imide groups is 1. The predicted molar refractivity (Wildman–Crippen MR) is 134 cm³/mol. The van der Waals surface area contributed by atoms with Crippen molar-refractivity contribution in [2.45, 2.75) is 39.7 Å². The summed E-state index contributed by atoms with van der Waals surface area (Å²) >= 11 is 0.